The predicted octanol–water partition coefficient (Wildman–Crippen LogP) is 6.94. The Labute approximate surface area is 252 Å². The van der Waals surface area contributed by atoms with E-state index < -0.39 is 56.9 Å². The molecule has 0 fully saturated rings. The van der Waals surface area contributed by atoms with Crippen LogP contribution < -0.4 is 0 Å². The van der Waals surface area contributed by atoms with Crippen LogP contribution in [0.5, 0.6) is 0 Å². The molecular formula is C25H16Cl8O4. The smallest absolute Gasteiger partial charge is 0.227 e. The van der Waals surface area contributed by atoms with Crippen molar-refractivity contribution in [2.24, 2.45) is 0 Å². The van der Waals surface area contributed by atoms with Crippen molar-refractivity contribution in [1.82, 2.24) is 0 Å². The highest BCUT2D eigenvalue weighted by molar-refractivity contribution is 6.60. The molecule has 0 saturated carbocycles. The van der Waals surface area contributed by atoms with Gasteiger partial charge in [-0.05, 0) is 23.3 Å². The van der Waals surface area contributed by atoms with Crippen molar-refractivity contribution in [3.8, 4) is 0 Å². The van der Waals surface area contributed by atoms with Crippen molar-refractivity contribution in [3.63, 3.8) is 0 Å². The summed E-state index contributed by atoms with van der Waals surface area (Å²) in [5.74, 6) is -6.07. The highest BCUT2D eigenvalue weighted by atomic mass is 35.5. The number of hydrogen-bond donors (Lipinski definition) is 4. The number of benzene rings is 2. The Morgan fingerprint density at radius 3 is 1.08 bits per heavy atom. The minimum absolute atomic E-state index is 0.275. The summed E-state index contributed by atoms with van der Waals surface area (Å²) in [6, 6.07) is 16.4. The van der Waals surface area contributed by atoms with Crippen molar-refractivity contribution in [2.45, 2.75) is 25.7 Å². The molecule has 0 spiro atoms. The molecule has 0 unspecified atom stereocenters. The van der Waals surface area contributed by atoms with E-state index in [4.69, 9.17) is 92.8 Å². The van der Waals surface area contributed by atoms with Crippen LogP contribution in [0.4, 0.5) is 0 Å². The van der Waals surface area contributed by atoms with Crippen molar-refractivity contribution >= 4 is 92.8 Å². The van der Waals surface area contributed by atoms with Crippen LogP contribution in [0, 0.1) is 0 Å². The van der Waals surface area contributed by atoms with E-state index in [1.807, 2.05) is 0 Å². The second-order valence-electron chi connectivity index (χ2n) is 8.44. The molecule has 4 N–H and O–H groups in total. The molecule has 2 aromatic carbocycles. The van der Waals surface area contributed by atoms with Gasteiger partial charge in [0.25, 0.3) is 0 Å². The highest BCUT2D eigenvalue weighted by Crippen LogP contribution is 2.61. The summed E-state index contributed by atoms with van der Waals surface area (Å²) < 4.78 is -4.12. The number of hydrogen-bond acceptors (Lipinski definition) is 4. The molecule has 4 nitrogen and oxygen atoms in total. The second-order valence-corrected chi connectivity index (χ2v) is 12.7. The average Bonchev–Trinajstić information content (AvgIpc) is 2.85. The largest absolute Gasteiger partial charge is 0.358 e. The van der Waals surface area contributed by atoms with Gasteiger partial charge in [0.2, 0.25) is 11.6 Å². The molecule has 0 amide bonds. The molecule has 0 aliphatic heterocycles. The van der Waals surface area contributed by atoms with E-state index in [0.29, 0.717) is 0 Å². The molecule has 0 radical (unpaired) electrons. The molecule has 4 rings (SSSR count). The molecule has 12 heteroatoms. The maximum absolute atomic E-state index is 11.5. The lowest BCUT2D eigenvalue weighted by atomic mass is 9.58. The second kappa shape index (κ2) is 9.88. The minimum atomic E-state index is -3.03. The van der Waals surface area contributed by atoms with Crippen LogP contribution in [0.1, 0.15) is 11.1 Å². The molecule has 0 heterocycles. The first-order valence-corrected chi connectivity index (χ1v) is 13.4. The zero-order valence-electron chi connectivity index (χ0n) is 18.2. The third-order valence-electron chi connectivity index (χ3n) is 6.21. The van der Waals surface area contributed by atoms with Gasteiger partial charge in [-0.25, -0.2) is 0 Å². The Morgan fingerprint density at radius 1 is 0.486 bits per heavy atom. The molecule has 0 atom stereocenters. The van der Waals surface area contributed by atoms with Crippen LogP contribution in [0.25, 0.3) is 0 Å². The molecule has 0 bridgehead atoms. The van der Waals surface area contributed by atoms with Gasteiger partial charge in [0, 0.05) is 11.1 Å². The molecule has 2 aliphatic carbocycles. The Bertz CT molecular complexity index is 1250. The van der Waals surface area contributed by atoms with Gasteiger partial charge in [0.05, 0.1) is 25.5 Å². The molecular weight excluding hydrogens is 648 g/mol. The fraction of sp³-hybridized carbons (Fsp3) is 0.200. The van der Waals surface area contributed by atoms with E-state index in [-0.39, 0.29) is 11.1 Å². The van der Waals surface area contributed by atoms with Gasteiger partial charge < -0.3 is 20.4 Å². The fourth-order valence-electron chi connectivity index (χ4n) is 4.58. The predicted molar refractivity (Wildman–Crippen MR) is 151 cm³/mol. The lowest BCUT2D eigenvalue weighted by Gasteiger charge is -2.50. The maximum atomic E-state index is 11.5. The van der Waals surface area contributed by atoms with E-state index in [1.165, 1.54) is 0 Å². The van der Waals surface area contributed by atoms with Crippen molar-refractivity contribution < 1.29 is 20.4 Å². The van der Waals surface area contributed by atoms with Crippen LogP contribution in [-0.2, 0) is 5.41 Å². The van der Waals surface area contributed by atoms with Gasteiger partial charge in [0.1, 0.15) is 0 Å². The third-order valence-corrected chi connectivity index (χ3v) is 9.86. The van der Waals surface area contributed by atoms with E-state index in [9.17, 15) is 20.4 Å². The number of rotatable bonds is 4. The van der Waals surface area contributed by atoms with Gasteiger partial charge in [-0.15, -0.1) is 0 Å². The summed E-state index contributed by atoms with van der Waals surface area (Å²) in [6.45, 7) is 0. The van der Waals surface area contributed by atoms with E-state index in [2.05, 4.69) is 0 Å². The quantitative estimate of drug-likeness (QED) is 0.162. The van der Waals surface area contributed by atoms with E-state index >= 15 is 0 Å². The molecule has 37 heavy (non-hydrogen) atoms. The summed E-state index contributed by atoms with van der Waals surface area (Å²) in [7, 11) is 0. The molecule has 2 aromatic rings. The van der Waals surface area contributed by atoms with Crippen LogP contribution in [-0.4, -0.2) is 40.7 Å². The standard InChI is InChI=1S/C25H16Cl8O4/c26-17-19(28)24(34,35)15(11-21(17,30)31)23(13-7-3-1-4-8-13,14-9-5-2-6-10-14)16-12-22(32,33)18(27)20(29)25(16,36)37/h1-12,34-37H. The fourth-order valence-corrected chi connectivity index (χ4v) is 6.46. The summed E-state index contributed by atoms with van der Waals surface area (Å²) >= 11 is 50.9. The van der Waals surface area contributed by atoms with Crippen molar-refractivity contribution in [2.75, 3.05) is 0 Å². The van der Waals surface area contributed by atoms with E-state index in [0.717, 1.165) is 12.2 Å². The molecule has 196 valence electrons. The van der Waals surface area contributed by atoms with Gasteiger partial charge >= 0.3 is 0 Å². The van der Waals surface area contributed by atoms with Crippen LogP contribution >= 0.6 is 92.8 Å². The molecule has 2 aliphatic rings. The van der Waals surface area contributed by atoms with Gasteiger partial charge in [0.15, 0.2) is 8.67 Å². The van der Waals surface area contributed by atoms with Crippen LogP contribution in [0.15, 0.2) is 104 Å². The van der Waals surface area contributed by atoms with Gasteiger partial charge in [-0.1, -0.05) is 153 Å². The lowest BCUT2D eigenvalue weighted by Crippen LogP contribution is -2.54. The first-order chi connectivity index (χ1) is 17.0. The number of alkyl halides is 4. The number of aliphatic hydroxyl groups is 4. The first kappa shape index (κ1) is 29.5. The summed E-state index contributed by atoms with van der Waals surface area (Å²) in [6.07, 6.45) is 2.11. The van der Waals surface area contributed by atoms with E-state index in [1.54, 1.807) is 60.7 Å². The summed E-state index contributed by atoms with van der Waals surface area (Å²) in [4.78, 5) is 0. The summed E-state index contributed by atoms with van der Waals surface area (Å²) in [5, 5.41) is 43.6. The van der Waals surface area contributed by atoms with Gasteiger partial charge in [-0.2, -0.15) is 0 Å². The topological polar surface area (TPSA) is 80.9 Å². The lowest BCUT2D eigenvalue weighted by molar-refractivity contribution is -0.111. The zero-order valence-corrected chi connectivity index (χ0v) is 24.3. The number of halogens is 8. The monoisotopic (exact) mass is 660 g/mol. The number of allylic oxidation sites excluding steroid dienone is 4. The normalized spacial score (nSPS) is 22.5. The minimum Gasteiger partial charge on any atom is -0.358 e. The first-order valence-electron chi connectivity index (χ1n) is 10.4. The molecule has 0 aromatic heterocycles. The Hall–Kier alpha value is -0.440. The van der Waals surface area contributed by atoms with Crippen LogP contribution in [0.3, 0.4) is 0 Å². The van der Waals surface area contributed by atoms with Gasteiger partial charge in [-0.3, -0.25) is 0 Å². The SMILES string of the molecule is OC1(O)C(C(C2=CC(Cl)(Cl)C(Cl)=C(Cl)C2(O)O)(c2ccccc2)c2ccccc2)=CC(Cl)(Cl)C(Cl)=C1Cl. The van der Waals surface area contributed by atoms with Crippen LogP contribution in [0.2, 0.25) is 0 Å². The molecule has 0 saturated heterocycles. The Morgan fingerprint density at radius 2 is 0.784 bits per heavy atom. The Kier molecular flexibility index (Phi) is 7.89. The Balaban J connectivity index is 2.28. The maximum Gasteiger partial charge on any atom is 0.227 e. The highest BCUT2D eigenvalue weighted by Gasteiger charge is 2.61. The van der Waals surface area contributed by atoms with Crippen molar-refractivity contribution in [3.05, 3.63) is 115 Å². The zero-order chi connectivity index (χ0) is 27.6. The summed E-state index contributed by atoms with van der Waals surface area (Å²) in [5.41, 5.74) is -2.31. The van der Waals surface area contributed by atoms with Crippen molar-refractivity contribution in [1.29, 1.82) is 0 Å². The average molecular weight is 664 g/mol. The third kappa shape index (κ3) is 4.58.